The largest absolute Gasteiger partial charge is 0.378 e. The normalized spacial score (nSPS) is 24.2. The average Bonchev–Trinajstić information content (AvgIpc) is 3.07. The molecule has 2 aliphatic rings. The number of nitrogens with two attached hydrogens (primary N) is 1. The number of carbonyl (C=O) groups is 1. The minimum Gasteiger partial charge on any atom is -0.378 e. The first-order valence-electron chi connectivity index (χ1n) is 8.33. The van der Waals surface area contributed by atoms with Gasteiger partial charge in [0.05, 0.1) is 6.61 Å². The van der Waals surface area contributed by atoms with Gasteiger partial charge in [0.1, 0.15) is 11.5 Å². The highest BCUT2D eigenvalue weighted by atomic mass is 79.9. The number of aliphatic imine (C=N–C) groups is 1. The molecule has 1 saturated heterocycles. The Morgan fingerprint density at radius 3 is 3.04 bits per heavy atom. The van der Waals surface area contributed by atoms with Gasteiger partial charge in [0.25, 0.3) is 5.91 Å². The van der Waals surface area contributed by atoms with Gasteiger partial charge in [-0.3, -0.25) is 4.79 Å². The summed E-state index contributed by atoms with van der Waals surface area (Å²) in [7, 11) is 0. The Labute approximate surface area is 167 Å². The first-order chi connectivity index (χ1) is 13.0. The molecule has 140 valence electrons. The Hall–Kier alpha value is -1.97. The fourth-order valence-corrected chi connectivity index (χ4v) is 4.51. The molecule has 3 N–H and O–H groups in total. The van der Waals surface area contributed by atoms with Crippen LogP contribution in [-0.2, 0) is 10.5 Å². The number of aromatic nitrogens is 1. The van der Waals surface area contributed by atoms with Gasteiger partial charge in [0.15, 0.2) is 10.9 Å². The highest BCUT2D eigenvalue weighted by Gasteiger charge is 2.49. The van der Waals surface area contributed by atoms with E-state index in [-0.39, 0.29) is 23.1 Å². The smallest absolute Gasteiger partial charge is 0.274 e. The Morgan fingerprint density at radius 2 is 2.26 bits per heavy atom. The molecule has 0 aliphatic carbocycles. The van der Waals surface area contributed by atoms with E-state index in [4.69, 9.17) is 10.5 Å². The van der Waals surface area contributed by atoms with Gasteiger partial charge in [0, 0.05) is 33.6 Å². The number of hydrogen-bond donors (Lipinski definition) is 2. The number of halogens is 2. The van der Waals surface area contributed by atoms with Crippen LogP contribution in [-0.4, -0.2) is 28.4 Å². The van der Waals surface area contributed by atoms with Crippen LogP contribution in [0.2, 0.25) is 0 Å². The molecule has 1 aromatic heterocycles. The maximum Gasteiger partial charge on any atom is 0.274 e. The molecule has 9 heteroatoms. The third-order valence-electron chi connectivity index (χ3n) is 4.62. The third kappa shape index (κ3) is 3.46. The molecule has 1 fully saturated rings. The zero-order valence-electron chi connectivity index (χ0n) is 14.1. The number of amides is 1. The summed E-state index contributed by atoms with van der Waals surface area (Å²) in [5, 5.41) is 3.12. The van der Waals surface area contributed by atoms with Crippen molar-refractivity contribution >= 4 is 44.5 Å². The monoisotopic (exact) mass is 450 g/mol. The number of pyridine rings is 1. The number of benzene rings is 1. The van der Waals surface area contributed by atoms with Crippen LogP contribution in [0.1, 0.15) is 22.5 Å². The van der Waals surface area contributed by atoms with E-state index in [0.29, 0.717) is 23.2 Å². The topological polar surface area (TPSA) is 89.6 Å². The fraction of sp³-hybridized carbons (Fsp3) is 0.278. The molecule has 4 rings (SSSR count). The summed E-state index contributed by atoms with van der Waals surface area (Å²) < 4.78 is 21.4. The lowest BCUT2D eigenvalue weighted by molar-refractivity contribution is -0.0170. The summed E-state index contributed by atoms with van der Waals surface area (Å²) >= 11 is 4.73. The van der Waals surface area contributed by atoms with Crippen molar-refractivity contribution in [2.24, 2.45) is 16.6 Å². The second-order valence-electron chi connectivity index (χ2n) is 6.30. The summed E-state index contributed by atoms with van der Waals surface area (Å²) in [6.07, 6.45) is 2.32. The lowest BCUT2D eigenvalue weighted by atomic mass is 9.89. The number of hydrogen-bond acceptors (Lipinski definition) is 6. The molecular weight excluding hydrogens is 435 g/mol. The number of nitrogens with one attached hydrogen (secondary N) is 1. The number of fused-ring (bicyclic) bond motifs is 1. The second kappa shape index (κ2) is 7.21. The van der Waals surface area contributed by atoms with Crippen LogP contribution in [0.4, 0.5) is 10.1 Å². The number of carbonyl (C=O) groups excluding carboxylic acids is 1. The van der Waals surface area contributed by atoms with Crippen LogP contribution in [0.5, 0.6) is 0 Å². The number of thioether (sulfide) groups is 1. The summed E-state index contributed by atoms with van der Waals surface area (Å²) in [6, 6.07) is 7.70. The van der Waals surface area contributed by atoms with Crippen molar-refractivity contribution in [1.29, 1.82) is 0 Å². The van der Waals surface area contributed by atoms with Crippen molar-refractivity contribution in [2.75, 3.05) is 17.7 Å². The predicted octanol–water partition coefficient (Wildman–Crippen LogP) is 3.49. The van der Waals surface area contributed by atoms with Crippen LogP contribution in [0.15, 0.2) is 46.0 Å². The van der Waals surface area contributed by atoms with Crippen molar-refractivity contribution in [3.05, 3.63) is 58.1 Å². The number of ether oxygens (including phenoxy) is 1. The van der Waals surface area contributed by atoms with E-state index < -0.39 is 11.5 Å². The van der Waals surface area contributed by atoms with Crippen molar-refractivity contribution < 1.29 is 13.9 Å². The van der Waals surface area contributed by atoms with E-state index in [0.717, 1.165) is 10.9 Å². The van der Waals surface area contributed by atoms with Crippen molar-refractivity contribution in [3.8, 4) is 0 Å². The first-order valence-corrected chi connectivity index (χ1v) is 10.1. The van der Waals surface area contributed by atoms with E-state index in [2.05, 4.69) is 31.2 Å². The number of anilines is 1. The molecule has 0 bridgehead atoms. The molecule has 0 spiro atoms. The lowest BCUT2D eigenvalue weighted by Crippen LogP contribution is -2.38. The van der Waals surface area contributed by atoms with Gasteiger partial charge in [0.2, 0.25) is 0 Å². The van der Waals surface area contributed by atoms with Gasteiger partial charge in [-0.1, -0.05) is 11.8 Å². The molecule has 6 nitrogen and oxygen atoms in total. The van der Waals surface area contributed by atoms with Crippen LogP contribution >= 0.6 is 27.7 Å². The van der Waals surface area contributed by atoms with Gasteiger partial charge in [-0.2, -0.15) is 0 Å². The molecule has 2 aliphatic heterocycles. The van der Waals surface area contributed by atoms with E-state index in [9.17, 15) is 9.18 Å². The Bertz CT molecular complexity index is 924. The first kappa shape index (κ1) is 18.4. The SMILES string of the molecule is NC1=NC2(c3cc(NC(=O)c4ccc(Br)cn4)ccc3F)OCCC2CS1. The molecule has 1 amide bonds. The van der Waals surface area contributed by atoms with Crippen molar-refractivity contribution in [3.63, 3.8) is 0 Å². The summed E-state index contributed by atoms with van der Waals surface area (Å²) in [6.45, 7) is 0.487. The molecule has 2 unspecified atom stereocenters. The Balaban J connectivity index is 1.67. The molecule has 0 radical (unpaired) electrons. The van der Waals surface area contributed by atoms with E-state index in [1.807, 2.05) is 0 Å². The number of nitrogens with zero attached hydrogens (tertiary/aromatic N) is 2. The zero-order valence-corrected chi connectivity index (χ0v) is 16.5. The second-order valence-corrected chi connectivity index (χ2v) is 8.26. The van der Waals surface area contributed by atoms with Gasteiger partial charge in [-0.05, 0) is 52.7 Å². The van der Waals surface area contributed by atoms with Crippen LogP contribution < -0.4 is 11.1 Å². The van der Waals surface area contributed by atoms with E-state index in [1.54, 1.807) is 18.2 Å². The molecule has 27 heavy (non-hydrogen) atoms. The van der Waals surface area contributed by atoms with Gasteiger partial charge in [-0.15, -0.1) is 0 Å². The third-order valence-corrected chi connectivity index (χ3v) is 6.05. The summed E-state index contributed by atoms with van der Waals surface area (Å²) in [4.78, 5) is 20.9. The predicted molar refractivity (Wildman–Crippen MR) is 106 cm³/mol. The molecule has 2 atom stereocenters. The van der Waals surface area contributed by atoms with Gasteiger partial charge >= 0.3 is 0 Å². The van der Waals surface area contributed by atoms with Gasteiger partial charge in [-0.25, -0.2) is 14.4 Å². The highest BCUT2D eigenvalue weighted by Crippen LogP contribution is 2.48. The van der Waals surface area contributed by atoms with E-state index in [1.165, 1.54) is 30.1 Å². The molecular formula is C18H16BrFN4O2S. The molecule has 3 heterocycles. The highest BCUT2D eigenvalue weighted by molar-refractivity contribution is 9.10. The zero-order chi connectivity index (χ0) is 19.0. The molecule has 2 aromatic rings. The number of amidine groups is 1. The van der Waals surface area contributed by atoms with Crippen LogP contribution in [0.25, 0.3) is 0 Å². The van der Waals surface area contributed by atoms with Crippen LogP contribution in [0, 0.1) is 11.7 Å². The minimum absolute atomic E-state index is 0.0309. The van der Waals surface area contributed by atoms with E-state index >= 15 is 0 Å². The quantitative estimate of drug-likeness (QED) is 0.746. The average molecular weight is 451 g/mol. The summed E-state index contributed by atoms with van der Waals surface area (Å²) in [5.74, 6) is -0.0778. The Morgan fingerprint density at radius 1 is 1.41 bits per heavy atom. The standard InChI is InChI=1S/C18H16BrFN4O2S/c19-11-1-4-15(22-8-11)16(25)23-12-2-3-14(20)13(7-12)18-10(5-6-26-18)9-27-17(21)24-18/h1-4,7-8,10H,5-6,9H2,(H2,21,24)(H,23,25). The fourth-order valence-electron chi connectivity index (χ4n) is 3.31. The molecule has 1 aromatic carbocycles. The minimum atomic E-state index is -1.13. The maximum atomic E-state index is 14.7. The van der Waals surface area contributed by atoms with Crippen molar-refractivity contribution in [2.45, 2.75) is 12.1 Å². The Kier molecular flexibility index (Phi) is 4.92. The van der Waals surface area contributed by atoms with Gasteiger partial charge < -0.3 is 15.8 Å². The lowest BCUT2D eigenvalue weighted by Gasteiger charge is -2.34. The number of rotatable bonds is 3. The van der Waals surface area contributed by atoms with Crippen molar-refractivity contribution in [1.82, 2.24) is 4.98 Å². The maximum absolute atomic E-state index is 14.7. The summed E-state index contributed by atoms with van der Waals surface area (Å²) in [5.41, 5.74) is 5.76. The van der Waals surface area contributed by atoms with Crippen LogP contribution in [0.3, 0.4) is 0 Å². The molecule has 0 saturated carbocycles.